The summed E-state index contributed by atoms with van der Waals surface area (Å²) in [5.41, 5.74) is 1.17. The summed E-state index contributed by atoms with van der Waals surface area (Å²) < 4.78 is 5.27. The first-order valence-electron chi connectivity index (χ1n) is 9.91. The molecule has 2 atom stereocenters. The maximum Gasteiger partial charge on any atom is 0.228 e. The van der Waals surface area contributed by atoms with Crippen molar-refractivity contribution in [3.8, 4) is 5.75 Å². The molecule has 2 amide bonds. The third-order valence-corrected chi connectivity index (χ3v) is 6.03. The minimum atomic E-state index is -0.165. The van der Waals surface area contributed by atoms with Crippen LogP contribution in [0.1, 0.15) is 56.6 Å². The molecule has 1 aromatic rings. The van der Waals surface area contributed by atoms with Gasteiger partial charge in [-0.15, -0.1) is 0 Å². The van der Waals surface area contributed by atoms with Gasteiger partial charge in [0.05, 0.1) is 19.1 Å². The van der Waals surface area contributed by atoms with E-state index >= 15 is 0 Å². The molecular weight excluding hydrogens is 328 g/mol. The molecule has 0 bridgehead atoms. The Hall–Kier alpha value is -2.04. The molecule has 26 heavy (non-hydrogen) atoms. The van der Waals surface area contributed by atoms with Crippen molar-refractivity contribution in [1.82, 2.24) is 9.80 Å². The zero-order chi connectivity index (χ0) is 18.1. The number of nitrogens with zero attached hydrogens (tertiary/aromatic N) is 2. The molecule has 2 heterocycles. The zero-order valence-electron chi connectivity index (χ0n) is 15.5. The molecule has 1 aromatic carbocycles. The van der Waals surface area contributed by atoms with E-state index in [4.69, 9.17) is 4.74 Å². The monoisotopic (exact) mass is 356 g/mol. The Balaban J connectivity index is 1.52. The summed E-state index contributed by atoms with van der Waals surface area (Å²) >= 11 is 0. The van der Waals surface area contributed by atoms with Crippen LogP contribution in [0.2, 0.25) is 0 Å². The summed E-state index contributed by atoms with van der Waals surface area (Å²) in [5.74, 6) is 1.01. The number of amides is 2. The highest BCUT2D eigenvalue weighted by molar-refractivity contribution is 5.89. The van der Waals surface area contributed by atoms with Crippen LogP contribution in [-0.4, -0.2) is 47.9 Å². The van der Waals surface area contributed by atoms with E-state index in [0.29, 0.717) is 19.0 Å². The average Bonchev–Trinajstić information content (AvgIpc) is 3.47. The predicted molar refractivity (Wildman–Crippen MR) is 98.8 cm³/mol. The fourth-order valence-corrected chi connectivity index (χ4v) is 4.42. The van der Waals surface area contributed by atoms with Gasteiger partial charge in [-0.3, -0.25) is 9.59 Å². The predicted octanol–water partition coefficient (Wildman–Crippen LogP) is 3.15. The molecule has 4 rings (SSSR count). The Bertz CT molecular complexity index is 668. The largest absolute Gasteiger partial charge is 0.497 e. The second-order valence-corrected chi connectivity index (χ2v) is 7.85. The number of methoxy groups -OCH3 is 1. The standard InChI is InChI=1S/C21H28N2O3/c1-26-18-10-6-15(7-11-18)19-5-3-2-4-12-22(19)21(25)16-13-20(24)23(14-16)17-8-9-17/h6-7,10-11,16-17,19H,2-5,8-9,12-14H2,1H3/t16-,19-/m0/s1. The normalized spacial score (nSPS) is 26.7. The van der Waals surface area contributed by atoms with Gasteiger partial charge in [-0.25, -0.2) is 0 Å². The quantitative estimate of drug-likeness (QED) is 0.833. The number of likely N-dealkylation sites (tertiary alicyclic amines) is 2. The van der Waals surface area contributed by atoms with Crippen molar-refractivity contribution in [2.75, 3.05) is 20.2 Å². The van der Waals surface area contributed by atoms with Crippen LogP contribution in [0.25, 0.3) is 0 Å². The van der Waals surface area contributed by atoms with Crippen LogP contribution in [0, 0.1) is 5.92 Å². The molecule has 0 aromatic heterocycles. The molecule has 5 heteroatoms. The Morgan fingerprint density at radius 3 is 2.54 bits per heavy atom. The van der Waals surface area contributed by atoms with E-state index in [1.54, 1.807) is 7.11 Å². The third kappa shape index (κ3) is 3.44. The zero-order valence-corrected chi connectivity index (χ0v) is 15.5. The Labute approximate surface area is 155 Å². The summed E-state index contributed by atoms with van der Waals surface area (Å²) in [6.07, 6.45) is 6.93. The highest BCUT2D eigenvalue weighted by Crippen LogP contribution is 2.36. The number of hydrogen-bond donors (Lipinski definition) is 0. The lowest BCUT2D eigenvalue weighted by Gasteiger charge is -2.32. The van der Waals surface area contributed by atoms with Gasteiger partial charge in [0.15, 0.2) is 0 Å². The van der Waals surface area contributed by atoms with Gasteiger partial charge in [-0.2, -0.15) is 0 Å². The molecule has 140 valence electrons. The molecule has 2 saturated heterocycles. The SMILES string of the molecule is COc1ccc([C@@H]2CCCCCN2C(=O)[C@H]2CC(=O)N(C3CC3)C2)cc1. The Morgan fingerprint density at radius 1 is 1.08 bits per heavy atom. The van der Waals surface area contributed by atoms with Crippen LogP contribution in [-0.2, 0) is 9.59 Å². The van der Waals surface area contributed by atoms with Crippen molar-refractivity contribution in [2.45, 2.75) is 57.0 Å². The van der Waals surface area contributed by atoms with Crippen LogP contribution in [0.5, 0.6) is 5.75 Å². The van der Waals surface area contributed by atoms with Crippen LogP contribution in [0.4, 0.5) is 0 Å². The number of rotatable bonds is 4. The molecular formula is C21H28N2O3. The lowest BCUT2D eigenvalue weighted by Crippen LogP contribution is -2.40. The van der Waals surface area contributed by atoms with Crippen molar-refractivity contribution >= 4 is 11.8 Å². The third-order valence-electron chi connectivity index (χ3n) is 6.03. The van der Waals surface area contributed by atoms with E-state index in [0.717, 1.165) is 50.8 Å². The van der Waals surface area contributed by atoms with Gasteiger partial charge in [0, 0.05) is 25.6 Å². The Kier molecular flexibility index (Phi) is 4.88. The number of ether oxygens (including phenoxy) is 1. The van der Waals surface area contributed by atoms with Gasteiger partial charge in [-0.05, 0) is 43.4 Å². The number of hydrogen-bond acceptors (Lipinski definition) is 3. The first-order valence-corrected chi connectivity index (χ1v) is 9.91. The van der Waals surface area contributed by atoms with Crippen LogP contribution in [0.15, 0.2) is 24.3 Å². The molecule has 0 spiro atoms. The maximum atomic E-state index is 13.3. The van der Waals surface area contributed by atoms with Crippen molar-refractivity contribution in [1.29, 1.82) is 0 Å². The molecule has 3 aliphatic rings. The lowest BCUT2D eigenvalue weighted by molar-refractivity contribution is -0.138. The number of carbonyl (C=O) groups excluding carboxylic acids is 2. The summed E-state index contributed by atoms with van der Waals surface area (Å²) in [7, 11) is 1.67. The first-order chi connectivity index (χ1) is 12.7. The van der Waals surface area contributed by atoms with Crippen LogP contribution >= 0.6 is 0 Å². The smallest absolute Gasteiger partial charge is 0.228 e. The molecule has 3 fully saturated rings. The Morgan fingerprint density at radius 2 is 1.85 bits per heavy atom. The van der Waals surface area contributed by atoms with Crippen molar-refractivity contribution in [2.24, 2.45) is 5.92 Å². The van der Waals surface area contributed by atoms with E-state index < -0.39 is 0 Å². The molecule has 0 radical (unpaired) electrons. The average molecular weight is 356 g/mol. The summed E-state index contributed by atoms with van der Waals surface area (Å²) in [5, 5.41) is 0. The minimum absolute atomic E-state index is 0.112. The highest BCUT2D eigenvalue weighted by Gasteiger charge is 2.43. The van der Waals surface area contributed by atoms with E-state index in [2.05, 4.69) is 17.0 Å². The lowest BCUT2D eigenvalue weighted by atomic mass is 9.98. The number of carbonyl (C=O) groups is 2. The molecule has 0 N–H and O–H groups in total. The first kappa shape index (κ1) is 17.4. The fourth-order valence-electron chi connectivity index (χ4n) is 4.42. The summed E-state index contributed by atoms with van der Waals surface area (Å²) in [4.78, 5) is 29.6. The van der Waals surface area contributed by atoms with E-state index in [1.807, 2.05) is 17.0 Å². The molecule has 5 nitrogen and oxygen atoms in total. The molecule has 0 unspecified atom stereocenters. The van der Waals surface area contributed by atoms with Crippen LogP contribution in [0.3, 0.4) is 0 Å². The molecule has 2 aliphatic heterocycles. The van der Waals surface area contributed by atoms with E-state index in [1.165, 1.54) is 5.56 Å². The molecule has 1 saturated carbocycles. The van der Waals surface area contributed by atoms with Gasteiger partial charge in [0.2, 0.25) is 11.8 Å². The fraction of sp³-hybridized carbons (Fsp3) is 0.619. The van der Waals surface area contributed by atoms with E-state index in [-0.39, 0.29) is 23.8 Å². The summed E-state index contributed by atoms with van der Waals surface area (Å²) in [6.45, 7) is 1.41. The van der Waals surface area contributed by atoms with Gasteiger partial charge in [0.25, 0.3) is 0 Å². The van der Waals surface area contributed by atoms with Crippen LogP contribution < -0.4 is 4.74 Å². The van der Waals surface area contributed by atoms with Gasteiger partial charge in [0.1, 0.15) is 5.75 Å². The van der Waals surface area contributed by atoms with E-state index in [9.17, 15) is 9.59 Å². The van der Waals surface area contributed by atoms with Crippen molar-refractivity contribution < 1.29 is 14.3 Å². The highest BCUT2D eigenvalue weighted by atomic mass is 16.5. The second-order valence-electron chi connectivity index (χ2n) is 7.85. The topological polar surface area (TPSA) is 49.9 Å². The minimum Gasteiger partial charge on any atom is -0.497 e. The van der Waals surface area contributed by atoms with Crippen molar-refractivity contribution in [3.05, 3.63) is 29.8 Å². The van der Waals surface area contributed by atoms with Crippen molar-refractivity contribution in [3.63, 3.8) is 0 Å². The number of benzene rings is 1. The summed E-state index contributed by atoms with van der Waals surface area (Å²) in [6, 6.07) is 8.60. The van der Waals surface area contributed by atoms with Gasteiger partial charge < -0.3 is 14.5 Å². The molecule has 1 aliphatic carbocycles. The van der Waals surface area contributed by atoms with Gasteiger partial charge >= 0.3 is 0 Å². The maximum absolute atomic E-state index is 13.3. The second kappa shape index (κ2) is 7.29. The van der Waals surface area contributed by atoms with Gasteiger partial charge in [-0.1, -0.05) is 25.0 Å².